The maximum absolute atomic E-state index is 12.8. The molecule has 0 radical (unpaired) electrons. The number of aliphatic hydroxyl groups excluding tert-OH is 2. The molecular formula is C23H45N5O5. The average molecular weight is 472 g/mol. The van der Waals surface area contributed by atoms with Crippen LogP contribution in [0.3, 0.4) is 0 Å². The normalized spacial score (nSPS) is 23.2. The Labute approximate surface area is 198 Å². The van der Waals surface area contributed by atoms with Gasteiger partial charge in [-0.3, -0.25) is 9.68 Å². The van der Waals surface area contributed by atoms with E-state index >= 15 is 0 Å². The molecular weight excluding hydrogens is 426 g/mol. The van der Waals surface area contributed by atoms with E-state index in [-0.39, 0.29) is 19.3 Å². The van der Waals surface area contributed by atoms with Gasteiger partial charge in [0.25, 0.3) is 0 Å². The first-order valence-corrected chi connectivity index (χ1v) is 13.0. The molecule has 192 valence electrons. The van der Waals surface area contributed by atoms with Gasteiger partial charge in [0.1, 0.15) is 6.61 Å². The molecule has 3 aliphatic rings. The largest absolute Gasteiger partial charge is 0.389 e. The van der Waals surface area contributed by atoms with Crippen LogP contribution in [0, 0.1) is 0 Å². The number of nitrogens with one attached hydrogen (secondary N) is 2. The lowest BCUT2D eigenvalue weighted by Crippen LogP contribution is -2.55. The lowest BCUT2D eigenvalue weighted by Gasteiger charge is -2.34. The van der Waals surface area contributed by atoms with Gasteiger partial charge in [-0.05, 0) is 64.7 Å². The Bertz CT molecular complexity index is 539. The highest BCUT2D eigenvalue weighted by atomic mass is 16.7. The number of hydrazine groups is 1. The van der Waals surface area contributed by atoms with Crippen molar-refractivity contribution in [1.29, 1.82) is 0 Å². The van der Waals surface area contributed by atoms with Crippen LogP contribution in [-0.2, 0) is 9.68 Å². The smallest absolute Gasteiger partial charge is 0.357 e. The maximum Gasteiger partial charge on any atom is 0.357 e. The molecule has 2 unspecified atom stereocenters. The molecule has 2 amide bonds. The lowest BCUT2D eigenvalue weighted by atomic mass is 9.95. The summed E-state index contributed by atoms with van der Waals surface area (Å²) in [5.74, 6) is 0. The van der Waals surface area contributed by atoms with E-state index < -0.39 is 18.2 Å². The van der Waals surface area contributed by atoms with Crippen LogP contribution in [0.2, 0.25) is 0 Å². The van der Waals surface area contributed by atoms with Crippen molar-refractivity contribution < 1.29 is 24.7 Å². The van der Waals surface area contributed by atoms with E-state index in [1.165, 1.54) is 50.0 Å². The zero-order valence-electron chi connectivity index (χ0n) is 20.1. The van der Waals surface area contributed by atoms with Crippen LogP contribution in [0.5, 0.6) is 0 Å². The number of nitrogens with zero attached hydrogens (tertiary/aromatic N) is 3. The second kappa shape index (κ2) is 15.1. The number of hydrogen-bond donors (Lipinski definition) is 4. The van der Waals surface area contributed by atoms with Crippen LogP contribution in [-0.4, -0.2) is 102 Å². The van der Waals surface area contributed by atoms with Crippen molar-refractivity contribution in [2.45, 2.75) is 88.9 Å². The van der Waals surface area contributed by atoms with E-state index in [0.717, 1.165) is 51.9 Å². The monoisotopic (exact) mass is 471 g/mol. The van der Waals surface area contributed by atoms with Crippen LogP contribution in [0.25, 0.3) is 0 Å². The molecule has 0 aromatic rings. The van der Waals surface area contributed by atoms with Crippen LogP contribution in [0.1, 0.15) is 70.6 Å². The number of piperidine rings is 2. The molecule has 2 atom stereocenters. The molecule has 0 aromatic carbocycles. The minimum Gasteiger partial charge on any atom is -0.389 e. The summed E-state index contributed by atoms with van der Waals surface area (Å²) in [5.41, 5.74) is 5.20. The van der Waals surface area contributed by atoms with Crippen molar-refractivity contribution in [2.75, 3.05) is 52.5 Å². The van der Waals surface area contributed by atoms with Gasteiger partial charge in [0.2, 0.25) is 0 Å². The van der Waals surface area contributed by atoms with Gasteiger partial charge >= 0.3 is 6.03 Å². The Kier molecular flexibility index (Phi) is 12.2. The highest BCUT2D eigenvalue weighted by molar-refractivity contribution is 5.72. The van der Waals surface area contributed by atoms with E-state index in [4.69, 9.17) is 9.68 Å². The summed E-state index contributed by atoms with van der Waals surface area (Å²) < 4.78 is 0. The van der Waals surface area contributed by atoms with Gasteiger partial charge in [-0.15, -0.1) is 5.59 Å². The fraction of sp³-hybridized carbons (Fsp3) is 0.957. The van der Waals surface area contributed by atoms with Crippen molar-refractivity contribution in [1.82, 2.24) is 25.9 Å². The molecule has 10 heteroatoms. The van der Waals surface area contributed by atoms with Crippen LogP contribution < -0.4 is 11.1 Å². The summed E-state index contributed by atoms with van der Waals surface area (Å²) in [5, 5.41) is 22.0. The number of urea groups is 1. The average Bonchev–Trinajstić information content (AvgIpc) is 2.83. The summed E-state index contributed by atoms with van der Waals surface area (Å²) in [7, 11) is 0. The summed E-state index contributed by atoms with van der Waals surface area (Å²) >= 11 is 0. The van der Waals surface area contributed by atoms with Crippen LogP contribution in [0.15, 0.2) is 0 Å². The molecule has 2 aliphatic heterocycles. The Morgan fingerprint density at radius 1 is 0.788 bits per heavy atom. The number of carbonyl (C=O) groups excluding carboxylic acids is 1. The van der Waals surface area contributed by atoms with Crippen LogP contribution >= 0.6 is 0 Å². The third kappa shape index (κ3) is 10.0. The van der Waals surface area contributed by atoms with E-state index in [9.17, 15) is 15.0 Å². The number of hydrogen-bond acceptors (Lipinski definition) is 8. The third-order valence-electron chi connectivity index (χ3n) is 6.87. The van der Waals surface area contributed by atoms with Gasteiger partial charge in [0.15, 0.2) is 0 Å². The van der Waals surface area contributed by atoms with Gasteiger partial charge in [0.05, 0.1) is 24.9 Å². The Morgan fingerprint density at radius 3 is 1.82 bits per heavy atom. The van der Waals surface area contributed by atoms with Crippen molar-refractivity contribution in [3.8, 4) is 0 Å². The Hall–Kier alpha value is -1.01. The summed E-state index contributed by atoms with van der Waals surface area (Å²) in [6, 6.07) is -0.447. The first kappa shape index (κ1) is 26.6. The number of aliphatic hydroxyl groups is 2. The van der Waals surface area contributed by atoms with E-state index in [0.29, 0.717) is 13.1 Å². The second-order valence-corrected chi connectivity index (χ2v) is 9.81. The summed E-state index contributed by atoms with van der Waals surface area (Å²) in [6.07, 6.45) is 11.0. The van der Waals surface area contributed by atoms with Crippen molar-refractivity contribution in [3.05, 3.63) is 0 Å². The molecule has 0 bridgehead atoms. The maximum atomic E-state index is 12.8. The van der Waals surface area contributed by atoms with Crippen molar-refractivity contribution >= 4 is 6.03 Å². The summed E-state index contributed by atoms with van der Waals surface area (Å²) in [6.45, 7) is 5.31. The predicted molar refractivity (Wildman–Crippen MR) is 125 cm³/mol. The number of carbonyl (C=O) groups is 1. The van der Waals surface area contributed by atoms with E-state index in [1.807, 2.05) is 0 Å². The van der Waals surface area contributed by atoms with Gasteiger partial charge < -0.3 is 20.0 Å². The fourth-order valence-corrected chi connectivity index (χ4v) is 5.06. The molecule has 1 aliphatic carbocycles. The number of rotatable bonds is 12. The van der Waals surface area contributed by atoms with Gasteiger partial charge in [0, 0.05) is 13.1 Å². The number of hydroxylamine groups is 1. The van der Waals surface area contributed by atoms with Gasteiger partial charge in [-0.2, -0.15) is 0 Å². The first-order valence-electron chi connectivity index (χ1n) is 13.0. The SMILES string of the molecule is O=C(NOCC(O)CN1CCCCC1)N(NOCC(O)CN1CCCCC1)C1CCCCC1. The van der Waals surface area contributed by atoms with E-state index in [2.05, 4.69) is 20.9 Å². The fourth-order valence-electron chi connectivity index (χ4n) is 5.06. The highest BCUT2D eigenvalue weighted by Crippen LogP contribution is 2.21. The standard InChI is InChI=1S/C23H45N5O5/c29-21(16-26-12-6-2-7-13-26)18-32-24-23(31)28(20-10-4-1-5-11-20)25-33-19-22(30)17-27-14-8-3-9-15-27/h20-22,25,29-30H,1-19H2,(H,24,31). The Balaban J connectivity index is 1.38. The molecule has 0 aromatic heterocycles. The third-order valence-corrected chi connectivity index (χ3v) is 6.87. The minimum absolute atomic E-state index is 0.000129. The highest BCUT2D eigenvalue weighted by Gasteiger charge is 2.27. The molecule has 2 heterocycles. The molecule has 1 saturated carbocycles. The van der Waals surface area contributed by atoms with Crippen molar-refractivity contribution in [3.63, 3.8) is 0 Å². The molecule has 3 rings (SSSR count). The van der Waals surface area contributed by atoms with Crippen molar-refractivity contribution in [2.24, 2.45) is 0 Å². The van der Waals surface area contributed by atoms with Crippen LogP contribution in [0.4, 0.5) is 4.79 Å². The van der Waals surface area contributed by atoms with E-state index in [1.54, 1.807) is 0 Å². The summed E-state index contributed by atoms with van der Waals surface area (Å²) in [4.78, 5) is 28.1. The van der Waals surface area contributed by atoms with Gasteiger partial charge in [-0.25, -0.2) is 15.3 Å². The number of β-amino-alcohol motifs (C(OH)–C–C–N with tert-alkyl or cyclic N) is 2. The molecule has 33 heavy (non-hydrogen) atoms. The molecule has 2 saturated heterocycles. The second-order valence-electron chi connectivity index (χ2n) is 9.81. The first-order chi connectivity index (χ1) is 16.1. The topological polar surface area (TPSA) is 110 Å². The lowest BCUT2D eigenvalue weighted by molar-refractivity contribution is -0.117. The zero-order valence-corrected chi connectivity index (χ0v) is 20.1. The van der Waals surface area contributed by atoms with Gasteiger partial charge in [-0.1, -0.05) is 32.1 Å². The molecule has 4 N–H and O–H groups in total. The Morgan fingerprint density at radius 2 is 1.27 bits per heavy atom. The molecule has 0 spiro atoms. The number of amides is 2. The zero-order chi connectivity index (χ0) is 23.3. The molecule has 10 nitrogen and oxygen atoms in total. The molecule has 3 fully saturated rings. The predicted octanol–water partition coefficient (Wildman–Crippen LogP) is 1.39. The quantitative estimate of drug-likeness (QED) is 0.316. The minimum atomic E-state index is -0.652. The number of likely N-dealkylation sites (tertiary alicyclic amines) is 2.